The van der Waals surface area contributed by atoms with E-state index in [1.54, 1.807) is 35.2 Å². The number of rotatable bonds is 6. The summed E-state index contributed by atoms with van der Waals surface area (Å²) < 4.78 is 5.87. The fourth-order valence-electron chi connectivity index (χ4n) is 3.33. The van der Waals surface area contributed by atoms with Crippen molar-refractivity contribution in [2.75, 3.05) is 6.54 Å². The standard InChI is InChI=1S/C25H23N3O4S/c1-16(2)15-27-24(29)23(33-25(27)26-19-9-7-17(3)8-10-19)14-21-11-12-22(32-21)18-5-4-6-20(13-18)28(30)31/h4-14,16H,15H2,1-3H3/b23-14+,26-25?. The van der Waals surface area contributed by atoms with E-state index in [-0.39, 0.29) is 17.5 Å². The van der Waals surface area contributed by atoms with Gasteiger partial charge in [0.25, 0.3) is 11.6 Å². The van der Waals surface area contributed by atoms with Crippen LogP contribution in [0, 0.1) is 23.0 Å². The van der Waals surface area contributed by atoms with Gasteiger partial charge in [-0.25, -0.2) is 4.99 Å². The van der Waals surface area contributed by atoms with Crippen molar-refractivity contribution >= 4 is 40.3 Å². The minimum absolute atomic E-state index is 0.00776. The number of thioether (sulfide) groups is 1. The van der Waals surface area contributed by atoms with Gasteiger partial charge in [-0.15, -0.1) is 0 Å². The fraction of sp³-hybridized carbons (Fsp3) is 0.200. The molecule has 33 heavy (non-hydrogen) atoms. The number of amidine groups is 1. The molecule has 0 radical (unpaired) electrons. The van der Waals surface area contributed by atoms with E-state index in [4.69, 9.17) is 9.41 Å². The first kappa shape index (κ1) is 22.5. The molecule has 0 atom stereocenters. The van der Waals surface area contributed by atoms with Crippen LogP contribution in [-0.2, 0) is 4.79 Å². The van der Waals surface area contributed by atoms with E-state index in [2.05, 4.69) is 13.8 Å². The maximum atomic E-state index is 13.1. The Bertz CT molecular complexity index is 1260. The van der Waals surface area contributed by atoms with E-state index >= 15 is 0 Å². The second-order valence-corrected chi connectivity index (χ2v) is 9.17. The lowest BCUT2D eigenvalue weighted by Gasteiger charge is -2.17. The van der Waals surface area contributed by atoms with Crippen LogP contribution in [0.1, 0.15) is 25.2 Å². The van der Waals surface area contributed by atoms with Crippen molar-refractivity contribution in [1.29, 1.82) is 0 Å². The van der Waals surface area contributed by atoms with Gasteiger partial charge in [-0.1, -0.05) is 43.7 Å². The third kappa shape index (κ3) is 5.23. The average Bonchev–Trinajstić information content (AvgIpc) is 3.36. The molecule has 2 aromatic carbocycles. The van der Waals surface area contributed by atoms with Crippen LogP contribution in [0.25, 0.3) is 17.4 Å². The molecule has 1 aliphatic heterocycles. The molecule has 2 heterocycles. The van der Waals surface area contributed by atoms with Crippen molar-refractivity contribution in [3.8, 4) is 11.3 Å². The Kier molecular flexibility index (Phi) is 6.46. The van der Waals surface area contributed by atoms with Gasteiger partial charge >= 0.3 is 0 Å². The molecular weight excluding hydrogens is 438 g/mol. The van der Waals surface area contributed by atoms with E-state index in [0.717, 1.165) is 11.3 Å². The van der Waals surface area contributed by atoms with Gasteiger partial charge in [0, 0.05) is 30.3 Å². The average molecular weight is 462 g/mol. The topological polar surface area (TPSA) is 89.0 Å². The summed E-state index contributed by atoms with van der Waals surface area (Å²) in [4.78, 5) is 30.7. The van der Waals surface area contributed by atoms with E-state index in [1.165, 1.54) is 23.9 Å². The number of nitro benzene ring substituents is 1. The van der Waals surface area contributed by atoms with Gasteiger partial charge in [0.05, 0.1) is 15.5 Å². The zero-order chi connectivity index (χ0) is 23.5. The van der Waals surface area contributed by atoms with Crippen molar-refractivity contribution in [2.45, 2.75) is 20.8 Å². The molecule has 0 saturated carbocycles. The summed E-state index contributed by atoms with van der Waals surface area (Å²) in [6.45, 7) is 6.69. The van der Waals surface area contributed by atoms with Crippen molar-refractivity contribution in [3.05, 3.63) is 87.0 Å². The molecule has 1 aromatic heterocycles. The highest BCUT2D eigenvalue weighted by molar-refractivity contribution is 8.18. The second kappa shape index (κ2) is 9.46. The molecule has 1 fully saturated rings. The number of carbonyl (C=O) groups excluding carboxylic acids is 1. The normalized spacial score (nSPS) is 16.4. The highest BCUT2D eigenvalue weighted by atomic mass is 32.2. The molecule has 1 aliphatic rings. The van der Waals surface area contributed by atoms with Crippen LogP contribution >= 0.6 is 11.8 Å². The first-order valence-corrected chi connectivity index (χ1v) is 11.3. The molecule has 0 bridgehead atoms. The number of aliphatic imine (C=N–C) groups is 1. The number of hydrogen-bond acceptors (Lipinski definition) is 6. The molecule has 3 aromatic rings. The number of benzene rings is 2. The number of furan rings is 1. The second-order valence-electron chi connectivity index (χ2n) is 8.16. The highest BCUT2D eigenvalue weighted by Crippen LogP contribution is 2.35. The quantitative estimate of drug-likeness (QED) is 0.240. The molecule has 0 unspecified atom stereocenters. The predicted molar refractivity (Wildman–Crippen MR) is 131 cm³/mol. The third-order valence-electron chi connectivity index (χ3n) is 4.94. The lowest BCUT2D eigenvalue weighted by atomic mass is 10.1. The summed E-state index contributed by atoms with van der Waals surface area (Å²) in [6, 6.07) is 17.6. The zero-order valence-corrected chi connectivity index (χ0v) is 19.3. The van der Waals surface area contributed by atoms with Crippen LogP contribution in [0.2, 0.25) is 0 Å². The molecule has 168 valence electrons. The van der Waals surface area contributed by atoms with Crippen molar-refractivity contribution in [2.24, 2.45) is 10.9 Å². The van der Waals surface area contributed by atoms with E-state index in [0.29, 0.717) is 33.7 Å². The van der Waals surface area contributed by atoms with Crippen molar-refractivity contribution in [3.63, 3.8) is 0 Å². The van der Waals surface area contributed by atoms with Crippen LogP contribution in [0.4, 0.5) is 11.4 Å². The summed E-state index contributed by atoms with van der Waals surface area (Å²) in [5.74, 6) is 1.15. The number of nitro groups is 1. The Hall–Kier alpha value is -3.65. The number of amides is 1. The number of non-ortho nitro benzene ring substituents is 1. The van der Waals surface area contributed by atoms with Crippen LogP contribution in [0.5, 0.6) is 0 Å². The van der Waals surface area contributed by atoms with E-state index < -0.39 is 4.92 Å². The number of nitrogens with zero attached hydrogens (tertiary/aromatic N) is 3. The van der Waals surface area contributed by atoms with Crippen LogP contribution in [-0.4, -0.2) is 27.4 Å². The van der Waals surface area contributed by atoms with Crippen LogP contribution in [0.3, 0.4) is 0 Å². The molecule has 1 amide bonds. The lowest BCUT2D eigenvalue weighted by molar-refractivity contribution is -0.384. The first-order chi connectivity index (χ1) is 15.8. The van der Waals surface area contributed by atoms with Crippen LogP contribution in [0.15, 0.2) is 75.0 Å². The summed E-state index contributed by atoms with van der Waals surface area (Å²) in [6.07, 6.45) is 1.69. The van der Waals surface area contributed by atoms with Gasteiger partial charge in [-0.3, -0.25) is 19.8 Å². The number of hydrogen-bond donors (Lipinski definition) is 0. The van der Waals surface area contributed by atoms with Gasteiger partial charge in [0.1, 0.15) is 11.5 Å². The Morgan fingerprint density at radius 3 is 2.61 bits per heavy atom. The number of aryl methyl sites for hydroxylation is 1. The Balaban J connectivity index is 1.63. The maximum absolute atomic E-state index is 13.1. The zero-order valence-electron chi connectivity index (χ0n) is 18.5. The summed E-state index contributed by atoms with van der Waals surface area (Å²) >= 11 is 1.31. The Morgan fingerprint density at radius 2 is 1.91 bits per heavy atom. The summed E-state index contributed by atoms with van der Waals surface area (Å²) in [7, 11) is 0. The molecule has 0 spiro atoms. The summed E-state index contributed by atoms with van der Waals surface area (Å²) in [5.41, 5.74) is 2.52. The van der Waals surface area contributed by atoms with Gasteiger partial charge in [0.2, 0.25) is 0 Å². The number of carbonyl (C=O) groups is 1. The van der Waals surface area contributed by atoms with E-state index in [1.807, 2.05) is 31.2 Å². The van der Waals surface area contributed by atoms with E-state index in [9.17, 15) is 14.9 Å². The molecule has 4 rings (SSSR count). The van der Waals surface area contributed by atoms with Crippen molar-refractivity contribution in [1.82, 2.24) is 4.90 Å². The van der Waals surface area contributed by atoms with Crippen molar-refractivity contribution < 1.29 is 14.1 Å². The predicted octanol–water partition coefficient (Wildman–Crippen LogP) is 6.42. The molecule has 1 saturated heterocycles. The molecular formula is C25H23N3O4S. The molecule has 0 aliphatic carbocycles. The maximum Gasteiger partial charge on any atom is 0.270 e. The molecule has 0 N–H and O–H groups in total. The van der Waals surface area contributed by atoms with Gasteiger partial charge in [0.15, 0.2) is 5.17 Å². The minimum atomic E-state index is -0.443. The van der Waals surface area contributed by atoms with Gasteiger partial charge in [-0.2, -0.15) is 0 Å². The SMILES string of the molecule is Cc1ccc(N=C2S/C(=C/c3ccc(-c4cccc([N+](=O)[O-])c4)o3)C(=O)N2CC(C)C)cc1. The first-order valence-electron chi connectivity index (χ1n) is 10.5. The fourth-order valence-corrected chi connectivity index (χ4v) is 4.32. The minimum Gasteiger partial charge on any atom is -0.457 e. The van der Waals surface area contributed by atoms with Gasteiger partial charge in [-0.05, 0) is 48.9 Å². The van der Waals surface area contributed by atoms with Crippen LogP contribution < -0.4 is 0 Å². The largest absolute Gasteiger partial charge is 0.457 e. The smallest absolute Gasteiger partial charge is 0.270 e. The third-order valence-corrected chi connectivity index (χ3v) is 5.94. The van der Waals surface area contributed by atoms with Gasteiger partial charge < -0.3 is 4.42 Å². The Morgan fingerprint density at radius 1 is 1.15 bits per heavy atom. The molecule has 8 heteroatoms. The Labute approximate surface area is 196 Å². The molecule has 7 nitrogen and oxygen atoms in total. The summed E-state index contributed by atoms with van der Waals surface area (Å²) in [5, 5.41) is 11.7. The lowest BCUT2D eigenvalue weighted by Crippen LogP contribution is -2.32. The highest BCUT2D eigenvalue weighted by Gasteiger charge is 2.34. The monoisotopic (exact) mass is 461 g/mol.